The van der Waals surface area contributed by atoms with Crippen LogP contribution >= 0.6 is 0 Å². The van der Waals surface area contributed by atoms with Gasteiger partial charge in [0.2, 0.25) is 5.91 Å². The van der Waals surface area contributed by atoms with Crippen molar-refractivity contribution >= 4 is 11.7 Å². The van der Waals surface area contributed by atoms with Crippen molar-refractivity contribution in [1.29, 1.82) is 0 Å². The van der Waals surface area contributed by atoms with Gasteiger partial charge in [0.05, 0.1) is 19.1 Å². The molecule has 0 aliphatic heterocycles. The maximum absolute atomic E-state index is 13.2. The van der Waals surface area contributed by atoms with E-state index < -0.39 is 5.41 Å². The van der Waals surface area contributed by atoms with Gasteiger partial charge in [-0.3, -0.25) is 9.48 Å². The van der Waals surface area contributed by atoms with Crippen LogP contribution in [0.15, 0.2) is 36.5 Å². The first kappa shape index (κ1) is 18.5. The van der Waals surface area contributed by atoms with Crippen LogP contribution in [0.4, 0.5) is 5.82 Å². The normalized spacial score (nSPS) is 16.0. The summed E-state index contributed by atoms with van der Waals surface area (Å²) in [6.45, 7) is 1.70. The van der Waals surface area contributed by atoms with E-state index in [2.05, 4.69) is 15.3 Å². The molecule has 0 spiro atoms. The van der Waals surface area contributed by atoms with Crippen molar-refractivity contribution in [3.63, 3.8) is 0 Å². The number of rotatable bonds is 7. The van der Waals surface area contributed by atoms with Crippen molar-refractivity contribution in [2.75, 3.05) is 33.1 Å². The first-order valence-electron chi connectivity index (χ1n) is 9.18. The van der Waals surface area contributed by atoms with Gasteiger partial charge in [-0.25, -0.2) is 0 Å². The largest absolute Gasteiger partial charge is 0.497 e. The quantitative estimate of drug-likeness (QED) is 0.829. The molecule has 6 heteroatoms. The predicted octanol–water partition coefficient (Wildman–Crippen LogP) is 2.90. The molecule has 0 atom stereocenters. The second-order valence-electron chi connectivity index (χ2n) is 7.24. The van der Waals surface area contributed by atoms with Gasteiger partial charge in [-0.15, -0.1) is 0 Å². The summed E-state index contributed by atoms with van der Waals surface area (Å²) in [6, 6.07) is 9.75. The number of benzene rings is 1. The number of carbonyl (C=O) groups excluding carboxylic acids is 1. The summed E-state index contributed by atoms with van der Waals surface area (Å²) in [5, 5.41) is 7.53. The molecule has 1 amide bonds. The summed E-state index contributed by atoms with van der Waals surface area (Å²) in [5.74, 6) is 1.43. The highest BCUT2D eigenvalue weighted by molar-refractivity contribution is 5.98. The van der Waals surface area contributed by atoms with E-state index in [1.807, 2.05) is 55.3 Å². The topological polar surface area (TPSA) is 59.4 Å². The van der Waals surface area contributed by atoms with E-state index >= 15 is 0 Å². The van der Waals surface area contributed by atoms with Gasteiger partial charge >= 0.3 is 0 Å². The summed E-state index contributed by atoms with van der Waals surface area (Å²) >= 11 is 0. The average Bonchev–Trinajstić information content (AvgIpc) is 3.30. The zero-order valence-electron chi connectivity index (χ0n) is 15.9. The van der Waals surface area contributed by atoms with Crippen LogP contribution in [0.25, 0.3) is 0 Å². The molecule has 1 saturated carbocycles. The fourth-order valence-corrected chi connectivity index (χ4v) is 3.64. The van der Waals surface area contributed by atoms with Crippen LogP contribution in [0, 0.1) is 0 Å². The standard InChI is InChI=1S/C20H28N4O2/c1-23(2)13-14-24-12-9-18(22-24)21-19(25)20(10-4-5-11-20)16-7-6-8-17(15-16)26-3/h6-9,12,15H,4-5,10-11,13-14H2,1-3H3,(H,21,22,25). The molecule has 3 rings (SSSR count). The Kier molecular flexibility index (Phi) is 5.61. The molecule has 1 N–H and O–H groups in total. The van der Waals surface area contributed by atoms with Gasteiger partial charge in [-0.05, 0) is 44.6 Å². The lowest BCUT2D eigenvalue weighted by Gasteiger charge is -2.28. The van der Waals surface area contributed by atoms with Crippen LogP contribution in [0.2, 0.25) is 0 Å². The maximum atomic E-state index is 13.2. The summed E-state index contributed by atoms with van der Waals surface area (Å²) in [4.78, 5) is 15.3. The van der Waals surface area contributed by atoms with Gasteiger partial charge in [0, 0.05) is 18.8 Å². The van der Waals surface area contributed by atoms with Crippen molar-refractivity contribution in [3.05, 3.63) is 42.1 Å². The van der Waals surface area contributed by atoms with E-state index in [-0.39, 0.29) is 5.91 Å². The number of likely N-dealkylation sites (N-methyl/N-ethyl adjacent to an activating group) is 1. The number of methoxy groups -OCH3 is 1. The van der Waals surface area contributed by atoms with Gasteiger partial charge in [0.25, 0.3) is 0 Å². The number of amides is 1. The van der Waals surface area contributed by atoms with Crippen LogP contribution in [-0.2, 0) is 16.8 Å². The van der Waals surface area contributed by atoms with Crippen molar-refractivity contribution in [2.24, 2.45) is 0 Å². The maximum Gasteiger partial charge on any atom is 0.236 e. The van der Waals surface area contributed by atoms with Crippen LogP contribution in [0.5, 0.6) is 5.75 Å². The van der Waals surface area contributed by atoms with Crippen molar-refractivity contribution in [2.45, 2.75) is 37.6 Å². The number of carbonyl (C=O) groups is 1. The molecule has 0 bridgehead atoms. The Morgan fingerprint density at radius 3 is 2.77 bits per heavy atom. The molecule has 1 aliphatic carbocycles. The first-order chi connectivity index (χ1) is 12.5. The lowest BCUT2D eigenvalue weighted by molar-refractivity contribution is -0.121. The van der Waals surface area contributed by atoms with Gasteiger partial charge in [-0.1, -0.05) is 25.0 Å². The minimum Gasteiger partial charge on any atom is -0.497 e. The van der Waals surface area contributed by atoms with Crippen molar-refractivity contribution in [1.82, 2.24) is 14.7 Å². The molecule has 6 nitrogen and oxygen atoms in total. The number of hydrogen-bond acceptors (Lipinski definition) is 4. The summed E-state index contributed by atoms with van der Waals surface area (Å²) in [7, 11) is 5.72. The first-order valence-corrected chi connectivity index (χ1v) is 9.18. The van der Waals surface area contributed by atoms with Gasteiger partial charge in [0.1, 0.15) is 5.75 Å². The van der Waals surface area contributed by atoms with E-state index in [9.17, 15) is 4.79 Å². The van der Waals surface area contributed by atoms with Crippen LogP contribution in [0.1, 0.15) is 31.2 Å². The number of nitrogens with one attached hydrogen (secondary N) is 1. The monoisotopic (exact) mass is 356 g/mol. The number of aromatic nitrogens is 2. The molecular weight excluding hydrogens is 328 g/mol. The van der Waals surface area contributed by atoms with E-state index in [0.29, 0.717) is 5.82 Å². The minimum absolute atomic E-state index is 0.0288. The van der Waals surface area contributed by atoms with E-state index in [0.717, 1.165) is 50.1 Å². The zero-order chi connectivity index (χ0) is 18.6. The molecule has 0 saturated heterocycles. The number of anilines is 1. The Hall–Kier alpha value is -2.34. The second kappa shape index (κ2) is 7.91. The Morgan fingerprint density at radius 2 is 2.08 bits per heavy atom. The zero-order valence-corrected chi connectivity index (χ0v) is 15.9. The predicted molar refractivity (Wildman–Crippen MR) is 103 cm³/mol. The van der Waals surface area contributed by atoms with E-state index in [1.165, 1.54) is 0 Å². The number of ether oxygens (including phenoxy) is 1. The van der Waals surface area contributed by atoms with Gasteiger partial charge in [-0.2, -0.15) is 5.10 Å². The third-order valence-electron chi connectivity index (χ3n) is 5.17. The second-order valence-corrected chi connectivity index (χ2v) is 7.24. The highest BCUT2D eigenvalue weighted by Crippen LogP contribution is 2.42. The third kappa shape index (κ3) is 3.90. The highest BCUT2D eigenvalue weighted by atomic mass is 16.5. The Balaban J connectivity index is 1.77. The molecule has 0 radical (unpaired) electrons. The highest BCUT2D eigenvalue weighted by Gasteiger charge is 2.43. The van der Waals surface area contributed by atoms with Gasteiger partial charge < -0.3 is 15.0 Å². The molecule has 1 aromatic carbocycles. The summed E-state index contributed by atoms with van der Waals surface area (Å²) in [6.07, 6.45) is 5.73. The number of hydrogen-bond donors (Lipinski definition) is 1. The van der Waals surface area contributed by atoms with Crippen LogP contribution in [-0.4, -0.2) is 48.3 Å². The number of nitrogens with zero attached hydrogens (tertiary/aromatic N) is 3. The SMILES string of the molecule is COc1cccc(C2(C(=O)Nc3ccn(CCN(C)C)n3)CCCC2)c1. The molecule has 26 heavy (non-hydrogen) atoms. The molecule has 1 heterocycles. The smallest absolute Gasteiger partial charge is 0.236 e. The van der Waals surface area contributed by atoms with E-state index in [1.54, 1.807) is 7.11 Å². The molecule has 1 aromatic heterocycles. The third-order valence-corrected chi connectivity index (χ3v) is 5.17. The fraction of sp³-hybridized carbons (Fsp3) is 0.500. The van der Waals surface area contributed by atoms with Crippen LogP contribution in [0.3, 0.4) is 0 Å². The lowest BCUT2D eigenvalue weighted by atomic mass is 9.78. The molecule has 140 valence electrons. The fourth-order valence-electron chi connectivity index (χ4n) is 3.64. The minimum atomic E-state index is -0.498. The Bertz CT molecular complexity index is 748. The van der Waals surface area contributed by atoms with Gasteiger partial charge in [0.15, 0.2) is 5.82 Å². The van der Waals surface area contributed by atoms with E-state index in [4.69, 9.17) is 4.74 Å². The summed E-state index contributed by atoms with van der Waals surface area (Å²) < 4.78 is 7.22. The Labute approximate surface area is 155 Å². The Morgan fingerprint density at radius 1 is 1.31 bits per heavy atom. The summed E-state index contributed by atoms with van der Waals surface area (Å²) in [5.41, 5.74) is 0.529. The molecule has 2 aromatic rings. The van der Waals surface area contributed by atoms with Crippen molar-refractivity contribution in [3.8, 4) is 5.75 Å². The molecular formula is C20H28N4O2. The average molecular weight is 356 g/mol. The molecule has 0 unspecified atom stereocenters. The van der Waals surface area contributed by atoms with Crippen LogP contribution < -0.4 is 10.1 Å². The molecule has 1 fully saturated rings. The lowest BCUT2D eigenvalue weighted by Crippen LogP contribution is -2.38. The molecule has 1 aliphatic rings. The van der Waals surface area contributed by atoms with Crippen molar-refractivity contribution < 1.29 is 9.53 Å².